The van der Waals surface area contributed by atoms with Gasteiger partial charge in [0.2, 0.25) is 5.82 Å². The maximum Gasteiger partial charge on any atom is 0.258 e. The Labute approximate surface area is 199 Å². The minimum atomic E-state index is -0.229. The maximum atomic E-state index is 5.80. The van der Waals surface area contributed by atoms with Gasteiger partial charge in [-0.3, -0.25) is 0 Å². The van der Waals surface area contributed by atoms with Crippen molar-refractivity contribution in [2.45, 2.75) is 26.3 Å². The predicted octanol–water partition coefficient (Wildman–Crippen LogP) is 4.75. The highest BCUT2D eigenvalue weighted by molar-refractivity contribution is 7.80. The predicted molar refractivity (Wildman–Crippen MR) is 132 cm³/mol. The number of methoxy groups -OCH3 is 2. The summed E-state index contributed by atoms with van der Waals surface area (Å²) in [6.45, 7) is 5.47. The Balaban J connectivity index is 1.76. The van der Waals surface area contributed by atoms with Gasteiger partial charge in [-0.15, -0.1) is 0 Å². The second-order valence-electron chi connectivity index (χ2n) is 7.95. The summed E-state index contributed by atoms with van der Waals surface area (Å²) >= 11 is 5.73. The van der Waals surface area contributed by atoms with Crippen molar-refractivity contribution in [3.8, 4) is 17.1 Å². The highest BCUT2D eigenvalue weighted by atomic mass is 32.1. The van der Waals surface area contributed by atoms with Crippen LogP contribution in [0.15, 0.2) is 58.8 Å². The van der Waals surface area contributed by atoms with E-state index >= 15 is 0 Å². The van der Waals surface area contributed by atoms with Crippen molar-refractivity contribution in [3.63, 3.8) is 0 Å². The van der Waals surface area contributed by atoms with Crippen LogP contribution in [0.1, 0.15) is 36.4 Å². The van der Waals surface area contributed by atoms with E-state index in [1.54, 1.807) is 14.2 Å². The molecule has 3 aromatic rings. The molecule has 0 saturated heterocycles. The third kappa shape index (κ3) is 4.91. The van der Waals surface area contributed by atoms with Crippen LogP contribution in [-0.2, 0) is 4.74 Å². The lowest BCUT2D eigenvalue weighted by Crippen LogP contribution is -2.46. The van der Waals surface area contributed by atoms with Gasteiger partial charge in [-0.25, -0.2) is 0 Å². The van der Waals surface area contributed by atoms with Gasteiger partial charge in [-0.1, -0.05) is 41.1 Å². The quantitative estimate of drug-likeness (QED) is 0.378. The lowest BCUT2D eigenvalue weighted by Gasteiger charge is -2.37. The van der Waals surface area contributed by atoms with E-state index in [1.165, 1.54) is 0 Å². The van der Waals surface area contributed by atoms with Crippen LogP contribution < -0.4 is 10.1 Å². The largest absolute Gasteiger partial charge is 0.497 e. The fourth-order valence-electron chi connectivity index (χ4n) is 3.98. The molecule has 1 aliphatic heterocycles. The fraction of sp³-hybridized carbons (Fsp3) is 0.320. The molecule has 1 aliphatic rings. The number of benzene rings is 2. The van der Waals surface area contributed by atoms with Crippen molar-refractivity contribution < 1.29 is 14.0 Å². The van der Waals surface area contributed by atoms with E-state index in [0.29, 0.717) is 23.4 Å². The van der Waals surface area contributed by atoms with Crippen molar-refractivity contribution in [2.75, 3.05) is 27.4 Å². The number of rotatable bonds is 8. The summed E-state index contributed by atoms with van der Waals surface area (Å²) in [5.41, 5.74) is 4.96. The highest BCUT2D eigenvalue weighted by Gasteiger charge is 2.34. The Bertz CT molecular complexity index is 1160. The van der Waals surface area contributed by atoms with Crippen molar-refractivity contribution in [3.05, 3.63) is 71.2 Å². The van der Waals surface area contributed by atoms with E-state index in [1.807, 2.05) is 62.4 Å². The zero-order valence-electron chi connectivity index (χ0n) is 19.3. The maximum absolute atomic E-state index is 5.80. The molecule has 0 amide bonds. The molecular formula is C25H28N4O3S. The standard InChI is InChI=1S/C25H28N4O3S/c1-16-7-5-8-19(15-16)23-27-24(32-28-23)21-17(2)29(13-6-14-30-3)25(33)26-22(21)18-9-11-20(31-4)12-10-18/h5,7-12,15,22H,6,13-14H2,1-4H3,(H,26,33). The summed E-state index contributed by atoms with van der Waals surface area (Å²) in [6.07, 6.45) is 0.842. The van der Waals surface area contributed by atoms with Crippen LogP contribution in [-0.4, -0.2) is 47.5 Å². The molecule has 0 aliphatic carbocycles. The zero-order chi connectivity index (χ0) is 23.4. The first-order valence-electron chi connectivity index (χ1n) is 10.8. The smallest absolute Gasteiger partial charge is 0.258 e. The Kier molecular flexibility index (Phi) is 7.05. The zero-order valence-corrected chi connectivity index (χ0v) is 20.1. The minimum Gasteiger partial charge on any atom is -0.497 e. The van der Waals surface area contributed by atoms with Gasteiger partial charge in [-0.05, 0) is 56.2 Å². The Morgan fingerprint density at radius 1 is 1.12 bits per heavy atom. The van der Waals surface area contributed by atoms with Crippen LogP contribution in [0.25, 0.3) is 17.0 Å². The van der Waals surface area contributed by atoms with Crippen LogP contribution in [0.4, 0.5) is 0 Å². The van der Waals surface area contributed by atoms with Crippen LogP contribution >= 0.6 is 12.2 Å². The van der Waals surface area contributed by atoms with E-state index in [0.717, 1.165) is 46.7 Å². The summed E-state index contributed by atoms with van der Waals surface area (Å²) in [6, 6.07) is 15.7. The van der Waals surface area contributed by atoms with Gasteiger partial charge < -0.3 is 24.2 Å². The molecule has 0 bridgehead atoms. The number of hydrogen-bond acceptors (Lipinski definition) is 6. The summed E-state index contributed by atoms with van der Waals surface area (Å²) in [4.78, 5) is 6.84. The third-order valence-corrected chi connectivity index (χ3v) is 6.05. The van der Waals surface area contributed by atoms with Gasteiger partial charge in [-0.2, -0.15) is 4.98 Å². The molecule has 1 N–H and O–H groups in total. The number of aryl methyl sites for hydroxylation is 1. The van der Waals surface area contributed by atoms with E-state index < -0.39 is 0 Å². The Hall–Kier alpha value is -3.23. The molecule has 1 atom stereocenters. The summed E-state index contributed by atoms with van der Waals surface area (Å²) in [5.74, 6) is 1.82. The topological polar surface area (TPSA) is 72.7 Å². The van der Waals surface area contributed by atoms with E-state index in [4.69, 9.17) is 31.2 Å². The number of nitrogens with zero attached hydrogens (tertiary/aromatic N) is 3. The molecule has 7 nitrogen and oxygen atoms in total. The monoisotopic (exact) mass is 464 g/mol. The molecule has 1 aromatic heterocycles. The summed E-state index contributed by atoms with van der Waals surface area (Å²) in [5, 5.41) is 8.41. The van der Waals surface area contributed by atoms with E-state index in [9.17, 15) is 0 Å². The Morgan fingerprint density at radius 2 is 1.91 bits per heavy atom. The van der Waals surface area contributed by atoms with E-state index in [2.05, 4.69) is 15.4 Å². The van der Waals surface area contributed by atoms with Crippen LogP contribution in [0.3, 0.4) is 0 Å². The second kappa shape index (κ2) is 10.1. The van der Waals surface area contributed by atoms with Crippen LogP contribution in [0.5, 0.6) is 5.75 Å². The van der Waals surface area contributed by atoms with E-state index in [-0.39, 0.29) is 6.04 Å². The number of ether oxygens (including phenoxy) is 2. The third-order valence-electron chi connectivity index (χ3n) is 5.71. The van der Waals surface area contributed by atoms with Gasteiger partial charge in [0.15, 0.2) is 5.11 Å². The van der Waals surface area contributed by atoms with Crippen molar-refractivity contribution in [2.24, 2.45) is 0 Å². The van der Waals surface area contributed by atoms with Gasteiger partial charge in [0.05, 0.1) is 18.7 Å². The molecule has 33 heavy (non-hydrogen) atoms. The first kappa shape index (κ1) is 22.9. The molecule has 0 radical (unpaired) electrons. The molecule has 2 heterocycles. The molecule has 172 valence electrons. The van der Waals surface area contributed by atoms with Gasteiger partial charge in [0.1, 0.15) is 5.75 Å². The van der Waals surface area contributed by atoms with Gasteiger partial charge >= 0.3 is 0 Å². The average molecular weight is 465 g/mol. The number of hydrogen-bond donors (Lipinski definition) is 1. The fourth-order valence-corrected chi connectivity index (χ4v) is 4.32. The summed E-state index contributed by atoms with van der Waals surface area (Å²) in [7, 11) is 3.35. The molecule has 4 rings (SSSR count). The van der Waals surface area contributed by atoms with Crippen molar-refractivity contribution in [1.82, 2.24) is 20.4 Å². The normalized spacial score (nSPS) is 16.2. The number of aromatic nitrogens is 2. The minimum absolute atomic E-state index is 0.229. The summed E-state index contributed by atoms with van der Waals surface area (Å²) < 4.78 is 16.4. The molecule has 8 heteroatoms. The second-order valence-corrected chi connectivity index (χ2v) is 8.33. The van der Waals surface area contributed by atoms with Crippen molar-refractivity contribution in [1.29, 1.82) is 0 Å². The number of allylic oxidation sites excluding steroid dienone is 1. The van der Waals surface area contributed by atoms with Gasteiger partial charge in [0, 0.05) is 31.5 Å². The van der Waals surface area contributed by atoms with Crippen LogP contribution in [0, 0.1) is 6.92 Å². The van der Waals surface area contributed by atoms with Crippen molar-refractivity contribution >= 4 is 22.9 Å². The Morgan fingerprint density at radius 3 is 2.61 bits per heavy atom. The molecule has 0 spiro atoms. The number of thiocarbonyl (C=S) groups is 1. The average Bonchev–Trinajstić information content (AvgIpc) is 3.31. The first-order valence-corrected chi connectivity index (χ1v) is 11.3. The molecular weight excluding hydrogens is 436 g/mol. The molecule has 0 fully saturated rings. The first-order chi connectivity index (χ1) is 16.0. The lowest BCUT2D eigenvalue weighted by atomic mass is 9.94. The highest BCUT2D eigenvalue weighted by Crippen LogP contribution is 2.38. The number of nitrogens with one attached hydrogen (secondary N) is 1. The van der Waals surface area contributed by atoms with Gasteiger partial charge in [0.25, 0.3) is 5.89 Å². The van der Waals surface area contributed by atoms with Crippen LogP contribution in [0.2, 0.25) is 0 Å². The molecule has 1 unspecified atom stereocenters. The lowest BCUT2D eigenvalue weighted by molar-refractivity contribution is 0.188. The molecule has 2 aromatic carbocycles. The molecule has 0 saturated carbocycles. The SMILES string of the molecule is COCCCN1C(=S)NC(c2ccc(OC)cc2)C(c2nc(-c3cccc(C)c3)no2)=C1C.